The molecule has 0 saturated carbocycles. The van der Waals surface area contributed by atoms with Crippen molar-refractivity contribution in [1.29, 1.82) is 0 Å². The summed E-state index contributed by atoms with van der Waals surface area (Å²) in [5, 5.41) is 10.6. The van der Waals surface area contributed by atoms with Crippen molar-refractivity contribution in [1.82, 2.24) is 9.29 Å². The lowest BCUT2D eigenvalue weighted by Gasteiger charge is -2.10. The molecule has 0 radical (unpaired) electrons. The van der Waals surface area contributed by atoms with Crippen LogP contribution in [-0.2, 0) is 10.0 Å². The lowest BCUT2D eigenvalue weighted by atomic mass is 10.4. The number of ether oxygens (including phenoxy) is 1. The summed E-state index contributed by atoms with van der Waals surface area (Å²) in [6.45, 7) is 0. The lowest BCUT2D eigenvalue weighted by molar-refractivity contribution is -0.390. The van der Waals surface area contributed by atoms with Crippen LogP contribution in [0, 0.1) is 10.1 Å². The molecule has 0 amide bonds. The Kier molecular flexibility index (Phi) is 3.63. The van der Waals surface area contributed by atoms with Gasteiger partial charge in [0.2, 0.25) is 15.8 Å². The van der Waals surface area contributed by atoms with Crippen LogP contribution in [0.2, 0.25) is 0 Å². The fourth-order valence-electron chi connectivity index (χ4n) is 1.06. The molecule has 0 unspecified atom stereocenters. The van der Waals surface area contributed by atoms with Gasteiger partial charge in [-0.3, -0.25) is 0 Å². The molecule has 1 aromatic rings. The number of hydrogen-bond acceptors (Lipinski definition) is 6. The first kappa shape index (κ1) is 13.3. The van der Waals surface area contributed by atoms with Gasteiger partial charge in [-0.25, -0.2) is 12.7 Å². The van der Waals surface area contributed by atoms with E-state index in [0.29, 0.717) is 0 Å². The van der Waals surface area contributed by atoms with Crippen LogP contribution in [0.4, 0.5) is 5.82 Å². The predicted octanol–water partition coefficient (Wildman–Crippen LogP) is 0.249. The van der Waals surface area contributed by atoms with Gasteiger partial charge in [-0.2, -0.15) is 0 Å². The van der Waals surface area contributed by atoms with Crippen molar-refractivity contribution in [2.24, 2.45) is 0 Å². The number of methoxy groups -OCH3 is 1. The molecule has 17 heavy (non-hydrogen) atoms. The molecule has 0 saturated heterocycles. The molecule has 0 fully saturated rings. The van der Waals surface area contributed by atoms with Gasteiger partial charge in [-0.05, 0) is 9.91 Å². The van der Waals surface area contributed by atoms with E-state index in [0.717, 1.165) is 16.6 Å². The first-order chi connectivity index (χ1) is 7.80. The van der Waals surface area contributed by atoms with Crippen LogP contribution in [-0.4, -0.2) is 43.8 Å². The second-order valence-electron chi connectivity index (χ2n) is 3.24. The largest absolute Gasteiger partial charge is 0.489 e. The topological polar surface area (TPSA) is 103 Å². The molecule has 0 bridgehead atoms. The van der Waals surface area contributed by atoms with E-state index in [2.05, 4.69) is 4.98 Å². The first-order valence-electron chi connectivity index (χ1n) is 4.41. The van der Waals surface area contributed by atoms with Gasteiger partial charge in [0.05, 0.1) is 7.11 Å². The normalized spacial score (nSPS) is 11.5. The van der Waals surface area contributed by atoms with E-state index in [9.17, 15) is 18.5 Å². The minimum atomic E-state index is -3.68. The highest BCUT2D eigenvalue weighted by atomic mass is 32.2. The molecule has 94 valence electrons. The van der Waals surface area contributed by atoms with Gasteiger partial charge in [-0.1, -0.05) is 0 Å². The summed E-state index contributed by atoms with van der Waals surface area (Å²) < 4.78 is 29.2. The second-order valence-corrected chi connectivity index (χ2v) is 5.39. The molecule has 0 aliphatic rings. The van der Waals surface area contributed by atoms with Crippen LogP contribution in [0.15, 0.2) is 17.2 Å². The van der Waals surface area contributed by atoms with Crippen molar-refractivity contribution in [2.45, 2.75) is 4.90 Å². The van der Waals surface area contributed by atoms with E-state index in [1.165, 1.54) is 21.2 Å². The quantitative estimate of drug-likeness (QED) is 0.568. The fourth-order valence-corrected chi connectivity index (χ4v) is 1.92. The Morgan fingerprint density at radius 2 is 2.06 bits per heavy atom. The fraction of sp³-hybridized carbons (Fsp3) is 0.375. The van der Waals surface area contributed by atoms with Crippen LogP contribution in [0.1, 0.15) is 0 Å². The number of rotatable bonds is 4. The van der Waals surface area contributed by atoms with E-state index >= 15 is 0 Å². The number of nitrogens with zero attached hydrogens (tertiary/aromatic N) is 3. The molecule has 0 aliphatic carbocycles. The Hall–Kier alpha value is -1.74. The van der Waals surface area contributed by atoms with Gasteiger partial charge in [0, 0.05) is 20.2 Å². The van der Waals surface area contributed by atoms with Crippen LogP contribution < -0.4 is 4.74 Å². The molecule has 0 spiro atoms. The second kappa shape index (κ2) is 4.63. The summed E-state index contributed by atoms with van der Waals surface area (Å²) in [7, 11) is 0.222. The third-order valence-electron chi connectivity index (χ3n) is 1.98. The molecule has 1 aromatic heterocycles. The molecule has 0 N–H and O–H groups in total. The zero-order chi connectivity index (χ0) is 13.2. The molecule has 0 aromatic carbocycles. The summed E-state index contributed by atoms with van der Waals surface area (Å²) in [5.41, 5.74) is 0. The summed E-state index contributed by atoms with van der Waals surface area (Å²) in [6, 6.07) is 1.07. The number of sulfonamides is 1. The highest BCUT2D eigenvalue weighted by molar-refractivity contribution is 7.89. The molecular weight excluding hydrogens is 250 g/mol. The summed E-state index contributed by atoms with van der Waals surface area (Å²) in [6.07, 6.45) is 0.927. The zero-order valence-corrected chi connectivity index (χ0v) is 10.3. The first-order valence-corrected chi connectivity index (χ1v) is 5.85. The zero-order valence-electron chi connectivity index (χ0n) is 9.45. The third-order valence-corrected chi connectivity index (χ3v) is 3.76. The van der Waals surface area contributed by atoms with Crippen LogP contribution in [0.3, 0.4) is 0 Å². The molecule has 1 heterocycles. The Bertz CT molecular complexity index is 540. The van der Waals surface area contributed by atoms with Gasteiger partial charge in [0.1, 0.15) is 4.90 Å². The van der Waals surface area contributed by atoms with E-state index < -0.39 is 20.8 Å². The maximum atomic E-state index is 11.7. The maximum absolute atomic E-state index is 11.7. The number of hydrogen-bond donors (Lipinski definition) is 0. The smallest absolute Gasteiger partial charge is 0.406 e. The van der Waals surface area contributed by atoms with Crippen molar-refractivity contribution in [3.8, 4) is 5.75 Å². The van der Waals surface area contributed by atoms with Crippen molar-refractivity contribution < 1.29 is 18.1 Å². The van der Waals surface area contributed by atoms with Gasteiger partial charge in [0.15, 0.2) is 6.20 Å². The number of pyridine rings is 1. The summed E-state index contributed by atoms with van der Waals surface area (Å²) in [4.78, 5) is 13.1. The number of nitro groups is 1. The van der Waals surface area contributed by atoms with Crippen LogP contribution in [0.5, 0.6) is 5.75 Å². The Balaban J connectivity index is 3.38. The van der Waals surface area contributed by atoms with Gasteiger partial charge >= 0.3 is 5.82 Å². The van der Waals surface area contributed by atoms with Gasteiger partial charge in [0.25, 0.3) is 0 Å². The molecule has 9 heteroatoms. The Morgan fingerprint density at radius 3 is 2.47 bits per heavy atom. The minimum absolute atomic E-state index is 0.162. The van der Waals surface area contributed by atoms with Crippen molar-refractivity contribution in [3.05, 3.63) is 22.4 Å². The Morgan fingerprint density at radius 1 is 1.47 bits per heavy atom. The van der Waals surface area contributed by atoms with Gasteiger partial charge < -0.3 is 14.9 Å². The average molecular weight is 261 g/mol. The van der Waals surface area contributed by atoms with E-state index in [-0.39, 0.29) is 10.6 Å². The highest BCUT2D eigenvalue weighted by Gasteiger charge is 2.25. The van der Waals surface area contributed by atoms with Crippen molar-refractivity contribution >= 4 is 15.8 Å². The van der Waals surface area contributed by atoms with E-state index in [4.69, 9.17) is 4.74 Å². The molecule has 0 aliphatic heterocycles. The summed E-state index contributed by atoms with van der Waals surface area (Å²) in [5.74, 6) is -0.719. The summed E-state index contributed by atoms with van der Waals surface area (Å²) >= 11 is 0. The third kappa shape index (κ3) is 2.50. The van der Waals surface area contributed by atoms with Crippen molar-refractivity contribution in [3.63, 3.8) is 0 Å². The minimum Gasteiger partial charge on any atom is -0.489 e. The monoisotopic (exact) mass is 261 g/mol. The molecule has 8 nitrogen and oxygen atoms in total. The van der Waals surface area contributed by atoms with E-state index in [1.54, 1.807) is 0 Å². The SMILES string of the molecule is COc1cc(S(=O)(=O)N(C)C)cnc1[N+](=O)[O-]. The molecule has 0 atom stereocenters. The van der Waals surface area contributed by atoms with Crippen molar-refractivity contribution in [2.75, 3.05) is 21.2 Å². The highest BCUT2D eigenvalue weighted by Crippen LogP contribution is 2.27. The van der Waals surface area contributed by atoms with E-state index in [1.807, 2.05) is 0 Å². The lowest BCUT2D eigenvalue weighted by Crippen LogP contribution is -2.22. The number of aromatic nitrogens is 1. The maximum Gasteiger partial charge on any atom is 0.406 e. The standard InChI is InChI=1S/C8H11N3O5S/c1-10(2)17(14,15)6-4-7(16-3)8(9-5-6)11(12)13/h4-5H,1-3H3. The average Bonchev–Trinajstić information content (AvgIpc) is 2.27. The van der Waals surface area contributed by atoms with Crippen LogP contribution in [0.25, 0.3) is 0 Å². The van der Waals surface area contributed by atoms with Crippen LogP contribution >= 0.6 is 0 Å². The molecule has 1 rings (SSSR count). The predicted molar refractivity (Wildman–Crippen MR) is 58.3 cm³/mol. The molecular formula is C8H11N3O5S. The Labute approximate surface area is 98.0 Å². The van der Waals surface area contributed by atoms with Gasteiger partial charge in [-0.15, -0.1) is 0 Å².